The molecule has 0 fully saturated rings. The van der Waals surface area contributed by atoms with E-state index in [1.54, 1.807) is 0 Å². The average Bonchev–Trinajstić information content (AvgIpc) is 2.75. The summed E-state index contributed by atoms with van der Waals surface area (Å²) in [5, 5.41) is 3.92. The summed E-state index contributed by atoms with van der Waals surface area (Å²) in [4.78, 5) is 6.46. The van der Waals surface area contributed by atoms with Crippen LogP contribution in [0.2, 0.25) is 5.02 Å². The molecule has 4 nitrogen and oxygen atoms in total. The van der Waals surface area contributed by atoms with Gasteiger partial charge in [0.15, 0.2) is 5.96 Å². The van der Waals surface area contributed by atoms with Gasteiger partial charge in [-0.25, -0.2) is 0 Å². The van der Waals surface area contributed by atoms with E-state index in [9.17, 15) is 0 Å². The maximum atomic E-state index is 6.04. The van der Waals surface area contributed by atoms with E-state index in [4.69, 9.17) is 16.3 Å². The third-order valence-electron chi connectivity index (χ3n) is 2.77. The summed E-state index contributed by atoms with van der Waals surface area (Å²) in [6.45, 7) is 4.54. The van der Waals surface area contributed by atoms with Gasteiger partial charge in [0.05, 0.1) is 18.1 Å². The molecule has 0 amide bonds. The predicted octanol–water partition coefficient (Wildman–Crippen LogP) is 2.62. The molecule has 0 spiro atoms. The zero-order chi connectivity index (χ0) is 13.0. The summed E-state index contributed by atoms with van der Waals surface area (Å²) in [5.74, 6) is 1.65. The lowest BCUT2D eigenvalue weighted by atomic mass is 10.3. The molecule has 1 aromatic rings. The molecule has 6 heteroatoms. The fraction of sp³-hybridized carbons (Fsp3) is 0.462. The quantitative estimate of drug-likeness (QED) is 0.796. The van der Waals surface area contributed by atoms with Gasteiger partial charge in [0, 0.05) is 13.6 Å². The van der Waals surface area contributed by atoms with Crippen LogP contribution in [0.3, 0.4) is 0 Å². The second kappa shape index (κ2) is 7.79. The standard InChI is InChI=1S/C13H18ClN3O.HI/c1-10(9-16-13-15-7-8-17(13)2)18-12-6-4-3-5-11(12)14;/h3-6,10H,7-9H2,1-2H3,(H,15,16);1H. The van der Waals surface area contributed by atoms with Gasteiger partial charge in [-0.1, -0.05) is 23.7 Å². The van der Waals surface area contributed by atoms with Gasteiger partial charge in [0.2, 0.25) is 0 Å². The Hall–Kier alpha value is -0.690. The molecule has 0 saturated heterocycles. The second-order valence-electron chi connectivity index (χ2n) is 4.37. The molecule has 0 aliphatic carbocycles. The number of likely N-dealkylation sites (N-methyl/N-ethyl adjacent to an activating group) is 1. The Morgan fingerprint density at radius 1 is 1.47 bits per heavy atom. The number of ether oxygens (including phenoxy) is 1. The van der Waals surface area contributed by atoms with Gasteiger partial charge in [-0.3, -0.25) is 4.99 Å². The largest absolute Gasteiger partial charge is 0.487 e. The normalized spacial score (nSPS) is 15.5. The maximum Gasteiger partial charge on any atom is 0.193 e. The molecule has 1 N–H and O–H groups in total. The van der Waals surface area contributed by atoms with Crippen LogP contribution in [0.4, 0.5) is 0 Å². The summed E-state index contributed by atoms with van der Waals surface area (Å²) in [7, 11) is 2.03. The van der Waals surface area contributed by atoms with Gasteiger partial charge < -0.3 is 15.0 Å². The number of halogens is 2. The van der Waals surface area contributed by atoms with Crippen molar-refractivity contribution in [1.29, 1.82) is 0 Å². The number of nitrogens with zero attached hydrogens (tertiary/aromatic N) is 2. The van der Waals surface area contributed by atoms with E-state index in [1.165, 1.54) is 0 Å². The summed E-state index contributed by atoms with van der Waals surface area (Å²) >= 11 is 6.04. The minimum atomic E-state index is 0. The van der Waals surface area contributed by atoms with E-state index in [2.05, 4.69) is 15.2 Å². The van der Waals surface area contributed by atoms with Crippen LogP contribution in [0.5, 0.6) is 5.75 Å². The molecule has 0 saturated carbocycles. The first-order chi connectivity index (χ1) is 8.66. The molecule has 1 aromatic carbocycles. The zero-order valence-corrected chi connectivity index (χ0v) is 14.2. The molecule has 0 aromatic heterocycles. The molecule has 106 valence electrons. The van der Waals surface area contributed by atoms with E-state index in [0.717, 1.165) is 24.8 Å². The summed E-state index contributed by atoms with van der Waals surface area (Å²) in [6.07, 6.45) is 0.0293. The van der Waals surface area contributed by atoms with Crippen molar-refractivity contribution in [2.24, 2.45) is 4.99 Å². The van der Waals surface area contributed by atoms with Crippen LogP contribution in [-0.4, -0.2) is 43.6 Å². The van der Waals surface area contributed by atoms with Gasteiger partial charge >= 0.3 is 0 Å². The van der Waals surface area contributed by atoms with Crippen molar-refractivity contribution in [2.75, 3.05) is 26.7 Å². The molecular formula is C13H19ClIN3O. The molecule has 2 rings (SSSR count). The summed E-state index contributed by atoms with van der Waals surface area (Å²) in [5.41, 5.74) is 0. The minimum absolute atomic E-state index is 0. The molecule has 1 aliphatic rings. The fourth-order valence-corrected chi connectivity index (χ4v) is 1.94. The van der Waals surface area contributed by atoms with Crippen LogP contribution < -0.4 is 10.1 Å². The van der Waals surface area contributed by atoms with E-state index in [0.29, 0.717) is 11.6 Å². The molecular weight excluding hydrogens is 377 g/mol. The van der Waals surface area contributed by atoms with E-state index < -0.39 is 0 Å². The van der Waals surface area contributed by atoms with E-state index in [-0.39, 0.29) is 30.1 Å². The van der Waals surface area contributed by atoms with Crippen molar-refractivity contribution in [3.8, 4) is 5.75 Å². The van der Waals surface area contributed by atoms with E-state index >= 15 is 0 Å². The Kier molecular flexibility index (Phi) is 6.71. The Morgan fingerprint density at radius 2 is 2.21 bits per heavy atom. The number of nitrogens with one attached hydrogen (secondary N) is 1. The van der Waals surface area contributed by atoms with Gasteiger partial charge in [-0.05, 0) is 19.1 Å². The lowest BCUT2D eigenvalue weighted by molar-refractivity contribution is 0.223. The van der Waals surface area contributed by atoms with Crippen LogP contribution >= 0.6 is 35.6 Å². The highest BCUT2D eigenvalue weighted by Crippen LogP contribution is 2.23. The van der Waals surface area contributed by atoms with Gasteiger partial charge in [-0.15, -0.1) is 24.0 Å². The molecule has 0 radical (unpaired) electrons. The summed E-state index contributed by atoms with van der Waals surface area (Å²) < 4.78 is 5.77. The van der Waals surface area contributed by atoms with Crippen molar-refractivity contribution >= 4 is 41.5 Å². The highest BCUT2D eigenvalue weighted by atomic mass is 127. The maximum absolute atomic E-state index is 6.04. The number of hydrogen-bond donors (Lipinski definition) is 1. The number of guanidine groups is 1. The SMILES string of the molecule is CC(CNC1=NCCN1C)Oc1ccccc1Cl.I. The van der Waals surface area contributed by atoms with Crippen molar-refractivity contribution in [3.63, 3.8) is 0 Å². The molecule has 19 heavy (non-hydrogen) atoms. The lowest BCUT2D eigenvalue weighted by Gasteiger charge is -2.19. The third kappa shape index (κ3) is 4.72. The molecule has 1 heterocycles. The molecule has 1 atom stereocenters. The number of hydrogen-bond acceptors (Lipinski definition) is 4. The van der Waals surface area contributed by atoms with Crippen LogP contribution in [-0.2, 0) is 0 Å². The molecule has 1 unspecified atom stereocenters. The fourth-order valence-electron chi connectivity index (χ4n) is 1.76. The van der Waals surface area contributed by atoms with Crippen LogP contribution in [0.15, 0.2) is 29.3 Å². The Bertz CT molecular complexity index is 442. The van der Waals surface area contributed by atoms with Crippen LogP contribution in [0, 0.1) is 0 Å². The number of aliphatic imine (C=N–C) groups is 1. The van der Waals surface area contributed by atoms with Crippen molar-refractivity contribution in [2.45, 2.75) is 13.0 Å². The Labute approximate surface area is 136 Å². The van der Waals surface area contributed by atoms with Crippen LogP contribution in [0.1, 0.15) is 6.92 Å². The predicted molar refractivity (Wildman–Crippen MR) is 89.9 cm³/mol. The topological polar surface area (TPSA) is 36.9 Å². The average molecular weight is 396 g/mol. The zero-order valence-electron chi connectivity index (χ0n) is 11.1. The van der Waals surface area contributed by atoms with Gasteiger partial charge in [0.25, 0.3) is 0 Å². The highest BCUT2D eigenvalue weighted by molar-refractivity contribution is 14.0. The monoisotopic (exact) mass is 395 g/mol. The Balaban J connectivity index is 0.00000180. The first kappa shape index (κ1) is 16.4. The van der Waals surface area contributed by atoms with Gasteiger partial charge in [0.1, 0.15) is 11.9 Å². The van der Waals surface area contributed by atoms with Crippen molar-refractivity contribution in [3.05, 3.63) is 29.3 Å². The van der Waals surface area contributed by atoms with Crippen LogP contribution in [0.25, 0.3) is 0 Å². The molecule has 1 aliphatic heterocycles. The second-order valence-corrected chi connectivity index (χ2v) is 4.77. The Morgan fingerprint density at radius 3 is 2.84 bits per heavy atom. The number of rotatable bonds is 4. The molecule has 0 bridgehead atoms. The third-order valence-corrected chi connectivity index (χ3v) is 3.08. The van der Waals surface area contributed by atoms with E-state index in [1.807, 2.05) is 38.2 Å². The minimum Gasteiger partial charge on any atom is -0.487 e. The highest BCUT2D eigenvalue weighted by Gasteiger charge is 2.13. The smallest absolute Gasteiger partial charge is 0.193 e. The van der Waals surface area contributed by atoms with Gasteiger partial charge in [-0.2, -0.15) is 0 Å². The number of benzene rings is 1. The lowest BCUT2D eigenvalue weighted by Crippen LogP contribution is -2.40. The van der Waals surface area contributed by atoms with Crippen molar-refractivity contribution in [1.82, 2.24) is 10.2 Å². The number of para-hydroxylation sites is 1. The first-order valence-electron chi connectivity index (χ1n) is 6.07. The summed E-state index contributed by atoms with van der Waals surface area (Å²) in [6, 6.07) is 7.50. The first-order valence-corrected chi connectivity index (χ1v) is 6.45. The van der Waals surface area contributed by atoms with Crippen molar-refractivity contribution < 1.29 is 4.74 Å².